The fourth-order valence-electron chi connectivity index (χ4n) is 0.0686. The van der Waals surface area contributed by atoms with Crippen molar-refractivity contribution >= 4 is 7.75 Å². The molecule has 7 nitrogen and oxygen atoms in total. The molecule has 0 rings (SSSR count). The van der Waals surface area contributed by atoms with Crippen LogP contribution in [0.1, 0.15) is 0 Å². The van der Waals surface area contributed by atoms with Crippen LogP contribution in [0.4, 0.5) is 0 Å². The van der Waals surface area contributed by atoms with Crippen molar-refractivity contribution in [3.05, 3.63) is 10.4 Å². The van der Waals surface area contributed by atoms with E-state index in [4.69, 9.17) is 10.4 Å². The molecule has 0 amide bonds. The zero-order chi connectivity index (χ0) is 6.62. The topological polar surface area (TPSA) is 121 Å². The van der Waals surface area contributed by atoms with Crippen molar-refractivity contribution < 1.29 is 14.1 Å². The summed E-state index contributed by atoms with van der Waals surface area (Å²) in [5, 5.41) is 2.29. The predicted octanol–water partition coefficient (Wildman–Crippen LogP) is 0.287. The average Bonchev–Trinajstić information content (AvgIpc) is 1.59. The molecular weight excluding hydrogens is 135 g/mol. The van der Waals surface area contributed by atoms with Crippen LogP contribution in [0.25, 0.3) is 10.4 Å². The van der Waals surface area contributed by atoms with Gasteiger partial charge in [0.2, 0.25) is 0 Å². The second kappa shape index (κ2) is 2.54. The van der Waals surface area contributed by atoms with Crippen molar-refractivity contribution in [3.8, 4) is 0 Å². The largest absolute Gasteiger partial charge is 0.459 e. The standard InChI is InChI=1S/H3N4O3P/c1-3-4-7-8(2,5)6/h(H3,2,5,6). The SMILES string of the molecule is [N-]=[N+]=NOP(N)(=O)O. The number of nitrogens with zero attached hydrogens (tertiary/aromatic N) is 3. The normalized spacial score (nSPS) is 15.8. The molecule has 0 spiro atoms. The van der Waals surface area contributed by atoms with E-state index in [0.717, 1.165) is 0 Å². The summed E-state index contributed by atoms with van der Waals surface area (Å²) in [6.07, 6.45) is 0. The van der Waals surface area contributed by atoms with Crippen LogP contribution < -0.4 is 5.50 Å². The summed E-state index contributed by atoms with van der Waals surface area (Å²) in [5.74, 6) is 0. The monoisotopic (exact) mass is 138 g/mol. The lowest BCUT2D eigenvalue weighted by Gasteiger charge is -1.96. The molecule has 46 valence electrons. The van der Waals surface area contributed by atoms with Crippen molar-refractivity contribution in [2.45, 2.75) is 0 Å². The molecule has 0 aromatic carbocycles. The minimum atomic E-state index is -4.10. The van der Waals surface area contributed by atoms with Gasteiger partial charge in [0.1, 0.15) is 5.28 Å². The van der Waals surface area contributed by atoms with Crippen molar-refractivity contribution in [2.75, 3.05) is 0 Å². The zero-order valence-electron chi connectivity index (χ0n) is 3.63. The average molecular weight is 138 g/mol. The van der Waals surface area contributed by atoms with Gasteiger partial charge in [-0.25, -0.2) is 10.1 Å². The van der Waals surface area contributed by atoms with Gasteiger partial charge in [-0.1, -0.05) is 0 Å². The summed E-state index contributed by atoms with van der Waals surface area (Å²) >= 11 is 0. The highest BCUT2D eigenvalue weighted by Crippen LogP contribution is 2.30. The van der Waals surface area contributed by atoms with Crippen LogP contribution in [0, 0.1) is 0 Å². The van der Waals surface area contributed by atoms with Gasteiger partial charge in [-0.3, -0.25) is 0 Å². The van der Waals surface area contributed by atoms with E-state index in [2.05, 4.69) is 15.4 Å². The quantitative estimate of drug-likeness (QED) is 0.187. The van der Waals surface area contributed by atoms with Crippen molar-refractivity contribution in [2.24, 2.45) is 10.8 Å². The highest BCUT2D eigenvalue weighted by Gasteiger charge is 2.08. The first-order chi connectivity index (χ1) is 3.56. The minimum Gasteiger partial charge on any atom is -0.346 e. The smallest absolute Gasteiger partial charge is 0.346 e. The Morgan fingerprint density at radius 1 is 2.00 bits per heavy atom. The van der Waals surface area contributed by atoms with Gasteiger partial charge in [0, 0.05) is 4.91 Å². The van der Waals surface area contributed by atoms with Gasteiger partial charge < -0.3 is 9.52 Å². The first-order valence-corrected chi connectivity index (χ1v) is 3.05. The van der Waals surface area contributed by atoms with Crippen LogP contribution in [0.2, 0.25) is 0 Å². The van der Waals surface area contributed by atoms with Gasteiger partial charge in [-0.05, 0) is 5.53 Å². The Morgan fingerprint density at radius 2 is 2.50 bits per heavy atom. The molecule has 0 aromatic rings. The molecule has 0 bridgehead atoms. The molecule has 0 aliphatic heterocycles. The van der Waals surface area contributed by atoms with E-state index in [1.165, 1.54) is 0 Å². The summed E-state index contributed by atoms with van der Waals surface area (Å²) in [6, 6.07) is 0. The van der Waals surface area contributed by atoms with Gasteiger partial charge in [-0.2, -0.15) is 0 Å². The molecule has 8 heteroatoms. The maximum atomic E-state index is 9.82. The Bertz CT molecular complexity index is 151. The molecule has 0 heterocycles. The lowest BCUT2D eigenvalue weighted by Crippen LogP contribution is -1.91. The maximum absolute atomic E-state index is 9.82. The molecule has 1 unspecified atom stereocenters. The van der Waals surface area contributed by atoms with Gasteiger partial charge in [-0.15, -0.1) is 0 Å². The van der Waals surface area contributed by atoms with Crippen LogP contribution in [-0.2, 0) is 9.19 Å². The van der Waals surface area contributed by atoms with Gasteiger partial charge in [0.05, 0.1) is 0 Å². The van der Waals surface area contributed by atoms with Crippen LogP contribution in [0.3, 0.4) is 0 Å². The molecule has 0 radical (unpaired) electrons. The van der Waals surface area contributed by atoms with Crippen molar-refractivity contribution in [1.82, 2.24) is 0 Å². The predicted molar refractivity (Wildman–Crippen MR) is 24.2 cm³/mol. The summed E-state index contributed by atoms with van der Waals surface area (Å²) < 4.78 is 13.3. The van der Waals surface area contributed by atoms with Crippen LogP contribution in [-0.4, -0.2) is 4.89 Å². The molecule has 0 fully saturated rings. The second-order valence-corrected chi connectivity index (χ2v) is 2.11. The molecule has 8 heavy (non-hydrogen) atoms. The van der Waals surface area contributed by atoms with Crippen molar-refractivity contribution in [1.29, 1.82) is 0 Å². The molecular formula is H3N4O3P. The Hall–Kier alpha value is -0.740. The molecule has 1 atom stereocenters. The fraction of sp³-hybridized carbons (Fsp3) is 0. The van der Waals surface area contributed by atoms with E-state index < -0.39 is 7.75 Å². The maximum Gasteiger partial charge on any atom is 0.459 e. The Labute approximate surface area is 44.2 Å². The molecule has 0 saturated heterocycles. The van der Waals surface area contributed by atoms with Crippen molar-refractivity contribution in [3.63, 3.8) is 0 Å². The van der Waals surface area contributed by atoms with E-state index in [9.17, 15) is 4.57 Å². The summed E-state index contributed by atoms with van der Waals surface area (Å²) in [4.78, 5) is 10.0. The molecule has 3 N–H and O–H groups in total. The van der Waals surface area contributed by atoms with Crippen LogP contribution in [0.5, 0.6) is 0 Å². The number of rotatable bonds is 2. The minimum absolute atomic E-state index is 2.01. The second-order valence-electron chi connectivity index (χ2n) is 0.817. The third kappa shape index (κ3) is 5.26. The van der Waals surface area contributed by atoms with E-state index in [1.807, 2.05) is 4.91 Å². The zero-order valence-corrected chi connectivity index (χ0v) is 4.52. The molecule has 0 saturated carbocycles. The van der Waals surface area contributed by atoms with Gasteiger partial charge in [0.25, 0.3) is 0 Å². The molecule has 0 aliphatic carbocycles. The van der Waals surface area contributed by atoms with E-state index >= 15 is 0 Å². The number of hydrogen-bond acceptors (Lipinski definition) is 3. The molecule has 0 aliphatic rings. The third-order valence-electron chi connectivity index (χ3n) is 0.190. The van der Waals surface area contributed by atoms with Gasteiger partial charge >= 0.3 is 7.75 Å². The van der Waals surface area contributed by atoms with E-state index in [1.54, 1.807) is 0 Å². The van der Waals surface area contributed by atoms with Crippen LogP contribution in [0.15, 0.2) is 5.28 Å². The number of nitrogens with two attached hydrogens (primary N) is 1. The van der Waals surface area contributed by atoms with E-state index in [-0.39, 0.29) is 0 Å². The third-order valence-corrected chi connectivity index (χ3v) is 0.497. The van der Waals surface area contributed by atoms with Crippen LogP contribution >= 0.6 is 7.75 Å². The number of azide groups is 1. The lowest BCUT2D eigenvalue weighted by molar-refractivity contribution is 0.268. The Balaban J connectivity index is 3.74. The first kappa shape index (κ1) is 7.26. The first-order valence-electron chi connectivity index (χ1n) is 1.41. The Kier molecular flexibility index (Phi) is 2.30. The Morgan fingerprint density at radius 3 is 2.62 bits per heavy atom. The highest BCUT2D eigenvalue weighted by atomic mass is 31.2. The van der Waals surface area contributed by atoms with Gasteiger partial charge in [0.15, 0.2) is 0 Å². The summed E-state index contributed by atoms with van der Waals surface area (Å²) in [6.45, 7) is 0. The fourth-order valence-corrected chi connectivity index (χ4v) is 0.206. The number of hydrogen-bond donors (Lipinski definition) is 2. The highest BCUT2D eigenvalue weighted by molar-refractivity contribution is 7.50. The summed E-state index contributed by atoms with van der Waals surface area (Å²) in [5.41, 5.74) is 11.8. The molecule has 0 aromatic heterocycles. The lowest BCUT2D eigenvalue weighted by atomic mass is 12.9. The van der Waals surface area contributed by atoms with E-state index in [0.29, 0.717) is 0 Å². The summed E-state index contributed by atoms with van der Waals surface area (Å²) in [7, 11) is -4.10.